The first-order valence-corrected chi connectivity index (χ1v) is 3.99. The molecule has 5 heteroatoms. The van der Waals surface area contributed by atoms with Gasteiger partial charge in [-0.1, -0.05) is 6.92 Å². The Morgan fingerprint density at radius 2 is 2.08 bits per heavy atom. The van der Waals surface area contributed by atoms with Gasteiger partial charge >= 0.3 is 0 Å². The molecule has 0 saturated heterocycles. The smallest absolute Gasteiger partial charge is 0.108 e. The molecule has 0 saturated carbocycles. The fourth-order valence-corrected chi connectivity index (χ4v) is 0.650. The highest BCUT2D eigenvalue weighted by Gasteiger charge is 2.26. The van der Waals surface area contributed by atoms with Crippen LogP contribution in [0.25, 0.3) is 0 Å². The van der Waals surface area contributed by atoms with Crippen LogP contribution in [0.5, 0.6) is 0 Å². The first-order valence-electron chi connectivity index (χ1n) is 3.99. The van der Waals surface area contributed by atoms with Crippen molar-refractivity contribution in [1.82, 2.24) is 0 Å². The predicted octanol–water partition coefficient (Wildman–Crippen LogP) is -1.62. The van der Waals surface area contributed by atoms with Crippen molar-refractivity contribution in [3.05, 3.63) is 0 Å². The maximum atomic E-state index is 9.35. The molecule has 0 radical (unpaired) electrons. The fourth-order valence-electron chi connectivity index (χ4n) is 0.650. The molecule has 0 amide bonds. The van der Waals surface area contributed by atoms with Gasteiger partial charge in [-0.2, -0.15) is 0 Å². The first-order chi connectivity index (χ1) is 5.54. The van der Waals surface area contributed by atoms with Gasteiger partial charge in [0.25, 0.3) is 0 Å². The van der Waals surface area contributed by atoms with E-state index in [1.807, 2.05) is 0 Å². The standard InChI is InChI=1S/C7H18N2O3/c1-2-7(8,9)6(11)5-12-4-3-10/h6,10-11H,2-5,8-9H2,1H3. The number of rotatable bonds is 6. The van der Waals surface area contributed by atoms with Gasteiger partial charge in [0.15, 0.2) is 0 Å². The molecule has 0 aliphatic heterocycles. The Labute approximate surface area is 72.3 Å². The molecule has 0 aliphatic carbocycles. The molecule has 1 unspecified atom stereocenters. The van der Waals surface area contributed by atoms with Crippen LogP contribution in [0.15, 0.2) is 0 Å². The lowest BCUT2D eigenvalue weighted by molar-refractivity contribution is -0.0153. The zero-order chi connectivity index (χ0) is 9.61. The number of aliphatic hydroxyl groups is 2. The van der Waals surface area contributed by atoms with E-state index in [-0.39, 0.29) is 19.8 Å². The summed E-state index contributed by atoms with van der Waals surface area (Å²) >= 11 is 0. The summed E-state index contributed by atoms with van der Waals surface area (Å²) in [5, 5.41) is 17.7. The highest BCUT2D eigenvalue weighted by Crippen LogP contribution is 2.04. The number of hydrogen-bond acceptors (Lipinski definition) is 5. The van der Waals surface area contributed by atoms with Crippen LogP contribution in [-0.4, -0.2) is 41.8 Å². The van der Waals surface area contributed by atoms with Crippen molar-refractivity contribution in [2.45, 2.75) is 25.1 Å². The SMILES string of the molecule is CCC(N)(N)C(O)COCCO. The van der Waals surface area contributed by atoms with Gasteiger partial charge in [-0.15, -0.1) is 0 Å². The molecule has 0 aliphatic rings. The monoisotopic (exact) mass is 178 g/mol. The van der Waals surface area contributed by atoms with Gasteiger partial charge < -0.3 is 26.4 Å². The Morgan fingerprint density at radius 3 is 2.50 bits per heavy atom. The Hall–Kier alpha value is -0.200. The zero-order valence-electron chi connectivity index (χ0n) is 7.36. The first kappa shape index (κ1) is 11.8. The minimum Gasteiger partial charge on any atom is -0.394 e. The highest BCUT2D eigenvalue weighted by atomic mass is 16.5. The van der Waals surface area contributed by atoms with Crippen LogP contribution in [0.1, 0.15) is 13.3 Å². The minimum absolute atomic E-state index is 0.0569. The van der Waals surface area contributed by atoms with E-state index in [1.165, 1.54) is 0 Å². The van der Waals surface area contributed by atoms with E-state index in [0.29, 0.717) is 6.42 Å². The lowest BCUT2D eigenvalue weighted by Crippen LogP contribution is -2.59. The Balaban J connectivity index is 3.63. The average molecular weight is 178 g/mol. The second kappa shape index (κ2) is 5.45. The molecule has 6 N–H and O–H groups in total. The van der Waals surface area contributed by atoms with Crippen molar-refractivity contribution in [2.75, 3.05) is 19.8 Å². The third-order valence-electron chi connectivity index (χ3n) is 1.74. The molecule has 74 valence electrons. The van der Waals surface area contributed by atoms with Crippen molar-refractivity contribution in [3.8, 4) is 0 Å². The van der Waals surface area contributed by atoms with Crippen molar-refractivity contribution in [3.63, 3.8) is 0 Å². The van der Waals surface area contributed by atoms with Crippen LogP contribution in [0.4, 0.5) is 0 Å². The summed E-state index contributed by atoms with van der Waals surface area (Å²) in [6.45, 7) is 1.97. The minimum atomic E-state index is -1.10. The average Bonchev–Trinajstić information content (AvgIpc) is 2.05. The van der Waals surface area contributed by atoms with Gasteiger partial charge in [0.2, 0.25) is 0 Å². The summed E-state index contributed by atoms with van der Waals surface area (Å²) in [5.74, 6) is 0. The molecule has 12 heavy (non-hydrogen) atoms. The lowest BCUT2D eigenvalue weighted by atomic mass is 10.0. The maximum Gasteiger partial charge on any atom is 0.108 e. The van der Waals surface area contributed by atoms with E-state index < -0.39 is 11.8 Å². The zero-order valence-corrected chi connectivity index (χ0v) is 7.36. The van der Waals surface area contributed by atoms with E-state index in [2.05, 4.69) is 0 Å². The van der Waals surface area contributed by atoms with E-state index in [0.717, 1.165) is 0 Å². The van der Waals surface area contributed by atoms with Gasteiger partial charge in [0, 0.05) is 0 Å². The second-order valence-electron chi connectivity index (χ2n) is 2.78. The second-order valence-corrected chi connectivity index (χ2v) is 2.78. The Morgan fingerprint density at radius 1 is 1.50 bits per heavy atom. The summed E-state index contributed by atoms with van der Waals surface area (Å²) in [6, 6.07) is 0. The quantitative estimate of drug-likeness (QED) is 0.289. The number of aliphatic hydroxyl groups excluding tert-OH is 2. The Bertz CT molecular complexity index is 119. The molecule has 0 aromatic rings. The van der Waals surface area contributed by atoms with Crippen LogP contribution in [-0.2, 0) is 4.74 Å². The number of hydrogen-bond donors (Lipinski definition) is 4. The van der Waals surface area contributed by atoms with Crippen LogP contribution < -0.4 is 11.5 Å². The fraction of sp³-hybridized carbons (Fsp3) is 1.00. The molecule has 0 bridgehead atoms. The largest absolute Gasteiger partial charge is 0.394 e. The van der Waals surface area contributed by atoms with Crippen LogP contribution in [0.3, 0.4) is 0 Å². The summed E-state index contributed by atoms with van der Waals surface area (Å²) in [7, 11) is 0. The Kier molecular flexibility index (Phi) is 5.36. The van der Waals surface area contributed by atoms with Crippen LogP contribution in [0.2, 0.25) is 0 Å². The van der Waals surface area contributed by atoms with Gasteiger partial charge in [-0.25, -0.2) is 0 Å². The van der Waals surface area contributed by atoms with Crippen molar-refractivity contribution in [1.29, 1.82) is 0 Å². The number of nitrogens with two attached hydrogens (primary N) is 2. The summed E-state index contributed by atoms with van der Waals surface area (Å²) in [4.78, 5) is 0. The van der Waals surface area contributed by atoms with Crippen molar-refractivity contribution in [2.24, 2.45) is 11.5 Å². The van der Waals surface area contributed by atoms with Gasteiger partial charge in [-0.3, -0.25) is 0 Å². The maximum absolute atomic E-state index is 9.35. The predicted molar refractivity (Wildman–Crippen MR) is 45.3 cm³/mol. The molecular weight excluding hydrogens is 160 g/mol. The van der Waals surface area contributed by atoms with Crippen LogP contribution >= 0.6 is 0 Å². The van der Waals surface area contributed by atoms with E-state index in [4.69, 9.17) is 21.3 Å². The summed E-state index contributed by atoms with van der Waals surface area (Å²) in [5.41, 5.74) is 9.95. The molecule has 5 nitrogen and oxygen atoms in total. The highest BCUT2D eigenvalue weighted by molar-refractivity contribution is 4.83. The molecule has 0 fully saturated rings. The third kappa shape index (κ3) is 3.99. The van der Waals surface area contributed by atoms with Crippen LogP contribution in [0, 0.1) is 0 Å². The van der Waals surface area contributed by atoms with E-state index in [9.17, 15) is 5.11 Å². The molecule has 0 rings (SSSR count). The molecule has 1 atom stereocenters. The van der Waals surface area contributed by atoms with E-state index in [1.54, 1.807) is 6.92 Å². The molecule has 0 aromatic carbocycles. The molecule has 0 heterocycles. The van der Waals surface area contributed by atoms with Gasteiger partial charge in [0.05, 0.1) is 25.5 Å². The van der Waals surface area contributed by atoms with Crippen molar-refractivity contribution < 1.29 is 14.9 Å². The lowest BCUT2D eigenvalue weighted by Gasteiger charge is -2.28. The normalized spacial score (nSPS) is 14.8. The molecule has 0 aromatic heterocycles. The summed E-state index contributed by atoms with van der Waals surface area (Å²) < 4.78 is 4.87. The van der Waals surface area contributed by atoms with E-state index >= 15 is 0 Å². The van der Waals surface area contributed by atoms with Gasteiger partial charge in [0.1, 0.15) is 6.10 Å². The molecular formula is C7H18N2O3. The van der Waals surface area contributed by atoms with Gasteiger partial charge in [-0.05, 0) is 6.42 Å². The molecule has 0 spiro atoms. The topological polar surface area (TPSA) is 102 Å². The number of ether oxygens (including phenoxy) is 1. The third-order valence-corrected chi connectivity index (χ3v) is 1.74. The summed E-state index contributed by atoms with van der Waals surface area (Å²) in [6.07, 6.45) is -0.425. The van der Waals surface area contributed by atoms with Crippen molar-refractivity contribution >= 4 is 0 Å².